The number of carbonyl (C=O) groups is 1. The number of benzene rings is 2. The summed E-state index contributed by atoms with van der Waals surface area (Å²) in [5.41, 5.74) is 2.38. The summed E-state index contributed by atoms with van der Waals surface area (Å²) >= 11 is 1.44. The Morgan fingerprint density at radius 2 is 1.70 bits per heavy atom. The number of hydrogen-bond donors (Lipinski definition) is 1. The van der Waals surface area contributed by atoms with Crippen LogP contribution in [0.4, 0.5) is 5.13 Å². The van der Waals surface area contributed by atoms with Gasteiger partial charge in [0.05, 0.1) is 18.2 Å². The number of hydrogen-bond acceptors (Lipinski definition) is 4. The van der Waals surface area contributed by atoms with Crippen molar-refractivity contribution in [2.75, 3.05) is 12.4 Å². The van der Waals surface area contributed by atoms with Crippen molar-refractivity contribution >= 4 is 22.4 Å². The zero-order valence-electron chi connectivity index (χ0n) is 16.0. The molecule has 5 heteroatoms. The van der Waals surface area contributed by atoms with Crippen molar-refractivity contribution in [3.63, 3.8) is 0 Å². The molecule has 0 spiro atoms. The van der Waals surface area contributed by atoms with E-state index in [-0.39, 0.29) is 11.8 Å². The monoisotopic (exact) mass is 380 g/mol. The SMILES string of the molecule is COc1ccc(C(c2ccccc2)C(C)(C)C(=O)Nc2nc(C)cs2)cc1. The first-order valence-electron chi connectivity index (χ1n) is 8.84. The van der Waals surface area contributed by atoms with E-state index in [0.717, 1.165) is 22.6 Å². The third kappa shape index (κ3) is 4.19. The van der Waals surface area contributed by atoms with Crippen molar-refractivity contribution in [2.24, 2.45) is 5.41 Å². The zero-order valence-corrected chi connectivity index (χ0v) is 16.8. The van der Waals surface area contributed by atoms with Gasteiger partial charge in [-0.15, -0.1) is 11.3 Å². The molecule has 0 bridgehead atoms. The van der Waals surface area contributed by atoms with E-state index in [1.807, 2.05) is 68.6 Å². The van der Waals surface area contributed by atoms with Gasteiger partial charge in [0.15, 0.2) is 5.13 Å². The molecule has 2 aromatic carbocycles. The first kappa shape index (κ1) is 19.1. The maximum Gasteiger partial charge on any atom is 0.232 e. The van der Waals surface area contributed by atoms with Crippen LogP contribution in [0.2, 0.25) is 0 Å². The summed E-state index contributed by atoms with van der Waals surface area (Å²) in [5.74, 6) is 0.637. The number of ether oxygens (including phenoxy) is 1. The fraction of sp³-hybridized carbons (Fsp3) is 0.273. The van der Waals surface area contributed by atoms with Crippen LogP contribution in [0.15, 0.2) is 60.0 Å². The standard InChI is InChI=1S/C22H24N2O2S/c1-15-14-27-21(23-15)24-20(25)22(2,3)19(16-8-6-5-7-9-16)17-10-12-18(26-4)13-11-17/h5-14,19H,1-4H3,(H,23,24,25). The summed E-state index contributed by atoms with van der Waals surface area (Å²) in [6, 6.07) is 18.0. The normalized spacial score (nSPS) is 12.4. The molecule has 1 amide bonds. The molecule has 140 valence electrons. The molecule has 3 rings (SSSR count). The lowest BCUT2D eigenvalue weighted by Gasteiger charge is -2.33. The highest BCUT2D eigenvalue weighted by Crippen LogP contribution is 2.42. The van der Waals surface area contributed by atoms with Crippen molar-refractivity contribution in [2.45, 2.75) is 26.7 Å². The van der Waals surface area contributed by atoms with Crippen molar-refractivity contribution in [1.82, 2.24) is 4.98 Å². The molecular formula is C22H24N2O2S. The van der Waals surface area contributed by atoms with Gasteiger partial charge in [-0.1, -0.05) is 56.3 Å². The zero-order chi connectivity index (χ0) is 19.4. The minimum absolute atomic E-state index is 0.0541. The van der Waals surface area contributed by atoms with E-state index in [9.17, 15) is 4.79 Å². The molecule has 0 fully saturated rings. The molecule has 1 unspecified atom stereocenters. The predicted octanol–water partition coefficient (Wildman–Crippen LogP) is 5.26. The molecular weight excluding hydrogens is 356 g/mol. The van der Waals surface area contributed by atoms with Gasteiger partial charge in [-0.2, -0.15) is 0 Å². The summed E-state index contributed by atoms with van der Waals surface area (Å²) in [4.78, 5) is 17.5. The largest absolute Gasteiger partial charge is 0.497 e. The highest BCUT2D eigenvalue weighted by molar-refractivity contribution is 7.13. The quantitative estimate of drug-likeness (QED) is 0.635. The Balaban J connectivity index is 1.98. The van der Waals surface area contributed by atoms with Crippen LogP contribution in [0.25, 0.3) is 0 Å². The third-order valence-electron chi connectivity index (χ3n) is 4.73. The molecule has 0 aliphatic heterocycles. The van der Waals surface area contributed by atoms with E-state index in [4.69, 9.17) is 4.74 Å². The van der Waals surface area contributed by atoms with Crippen LogP contribution in [-0.2, 0) is 4.79 Å². The molecule has 0 saturated heterocycles. The summed E-state index contributed by atoms with van der Waals surface area (Å²) in [7, 11) is 1.65. The number of carbonyl (C=O) groups excluding carboxylic acids is 1. The molecule has 3 aromatic rings. The van der Waals surface area contributed by atoms with E-state index in [1.165, 1.54) is 11.3 Å². The molecule has 0 saturated carbocycles. The molecule has 1 atom stereocenters. The molecule has 1 aromatic heterocycles. The molecule has 0 radical (unpaired) electrons. The second kappa shape index (κ2) is 7.92. The summed E-state index contributed by atoms with van der Waals surface area (Å²) in [5, 5.41) is 5.55. The Kier molecular flexibility index (Phi) is 5.61. The van der Waals surface area contributed by atoms with Crippen LogP contribution < -0.4 is 10.1 Å². The van der Waals surface area contributed by atoms with Crippen LogP contribution in [0.3, 0.4) is 0 Å². The van der Waals surface area contributed by atoms with Gasteiger partial charge in [0.2, 0.25) is 5.91 Å². The maximum atomic E-state index is 13.2. The maximum absolute atomic E-state index is 13.2. The fourth-order valence-electron chi connectivity index (χ4n) is 3.27. The number of rotatable bonds is 6. The van der Waals surface area contributed by atoms with Gasteiger partial charge in [0.1, 0.15) is 5.75 Å². The Labute approximate surface area is 164 Å². The molecule has 27 heavy (non-hydrogen) atoms. The first-order valence-corrected chi connectivity index (χ1v) is 9.72. The number of anilines is 1. The topological polar surface area (TPSA) is 51.2 Å². The molecule has 0 aliphatic rings. The van der Waals surface area contributed by atoms with Crippen molar-refractivity contribution < 1.29 is 9.53 Å². The van der Waals surface area contributed by atoms with Gasteiger partial charge < -0.3 is 10.1 Å². The van der Waals surface area contributed by atoms with E-state index < -0.39 is 5.41 Å². The number of aromatic nitrogens is 1. The highest BCUT2D eigenvalue weighted by Gasteiger charge is 2.39. The van der Waals surface area contributed by atoms with Gasteiger partial charge >= 0.3 is 0 Å². The van der Waals surface area contributed by atoms with Gasteiger partial charge in [0, 0.05) is 11.3 Å². The average Bonchev–Trinajstić information content (AvgIpc) is 3.08. The molecule has 1 heterocycles. The summed E-state index contributed by atoms with van der Waals surface area (Å²) in [6.45, 7) is 5.87. The Bertz CT molecular complexity index is 902. The summed E-state index contributed by atoms with van der Waals surface area (Å²) in [6.07, 6.45) is 0. The van der Waals surface area contributed by atoms with Crippen molar-refractivity contribution in [3.8, 4) is 5.75 Å². The van der Waals surface area contributed by atoms with E-state index in [1.54, 1.807) is 7.11 Å². The van der Waals surface area contributed by atoms with Gasteiger partial charge in [-0.25, -0.2) is 4.98 Å². The first-order chi connectivity index (χ1) is 12.9. The van der Waals surface area contributed by atoms with E-state index >= 15 is 0 Å². The van der Waals surface area contributed by atoms with E-state index in [2.05, 4.69) is 22.4 Å². The molecule has 0 aliphatic carbocycles. The fourth-order valence-corrected chi connectivity index (χ4v) is 3.95. The minimum atomic E-state index is -0.685. The molecule has 1 N–H and O–H groups in total. The minimum Gasteiger partial charge on any atom is -0.497 e. The van der Waals surface area contributed by atoms with Crippen molar-refractivity contribution in [3.05, 3.63) is 76.8 Å². The van der Waals surface area contributed by atoms with Crippen LogP contribution >= 0.6 is 11.3 Å². The number of aryl methyl sites for hydroxylation is 1. The number of amides is 1. The van der Waals surface area contributed by atoms with Gasteiger partial charge in [0.25, 0.3) is 0 Å². The van der Waals surface area contributed by atoms with Gasteiger partial charge in [-0.3, -0.25) is 4.79 Å². The predicted molar refractivity (Wildman–Crippen MR) is 111 cm³/mol. The summed E-state index contributed by atoms with van der Waals surface area (Å²) < 4.78 is 5.28. The average molecular weight is 381 g/mol. The second-order valence-electron chi connectivity index (χ2n) is 7.09. The van der Waals surface area contributed by atoms with E-state index in [0.29, 0.717) is 5.13 Å². The van der Waals surface area contributed by atoms with Crippen LogP contribution in [0.5, 0.6) is 5.75 Å². The lowest BCUT2D eigenvalue weighted by Crippen LogP contribution is -2.37. The molecule has 4 nitrogen and oxygen atoms in total. The third-order valence-corrected chi connectivity index (χ3v) is 5.60. The number of thiazole rings is 1. The number of methoxy groups -OCH3 is 1. The van der Waals surface area contributed by atoms with Crippen LogP contribution in [0, 0.1) is 12.3 Å². The van der Waals surface area contributed by atoms with Gasteiger partial charge in [-0.05, 0) is 30.2 Å². The van der Waals surface area contributed by atoms with Crippen LogP contribution in [0.1, 0.15) is 36.6 Å². The number of nitrogens with zero attached hydrogens (tertiary/aromatic N) is 1. The lowest BCUT2D eigenvalue weighted by atomic mass is 9.70. The lowest BCUT2D eigenvalue weighted by molar-refractivity contribution is -0.124. The van der Waals surface area contributed by atoms with Crippen molar-refractivity contribution in [1.29, 1.82) is 0 Å². The highest BCUT2D eigenvalue weighted by atomic mass is 32.1. The Morgan fingerprint density at radius 3 is 2.26 bits per heavy atom. The van der Waals surface area contributed by atoms with Crippen LogP contribution in [-0.4, -0.2) is 18.0 Å². The number of nitrogens with one attached hydrogen (secondary N) is 1. The second-order valence-corrected chi connectivity index (χ2v) is 7.94. The Hall–Kier alpha value is -2.66. The smallest absolute Gasteiger partial charge is 0.232 e. The Morgan fingerprint density at radius 1 is 1.07 bits per heavy atom.